The molecule has 162 valence electrons. The molecule has 1 heterocycles. The number of nitrogens with zero attached hydrogens (tertiary/aromatic N) is 3. The van der Waals surface area contributed by atoms with Crippen molar-refractivity contribution in [2.45, 2.75) is 13.0 Å². The van der Waals surface area contributed by atoms with Crippen molar-refractivity contribution < 1.29 is 4.79 Å². The minimum atomic E-state index is -0.516. The molecular weight excluding hydrogens is 513 g/mol. The molecule has 32 heavy (non-hydrogen) atoms. The highest BCUT2D eigenvalue weighted by atomic mass is 79.9. The van der Waals surface area contributed by atoms with Crippen molar-refractivity contribution in [1.82, 2.24) is 14.5 Å². The monoisotopic (exact) mass is 529 g/mol. The molecule has 5 nitrogen and oxygen atoms in total. The van der Waals surface area contributed by atoms with Gasteiger partial charge < -0.3 is 4.90 Å². The van der Waals surface area contributed by atoms with E-state index in [2.05, 4.69) is 15.9 Å². The maximum atomic E-state index is 13.5. The fourth-order valence-corrected chi connectivity index (χ4v) is 4.01. The summed E-state index contributed by atoms with van der Waals surface area (Å²) in [6.45, 7) is 1.83. The zero-order valence-corrected chi connectivity index (χ0v) is 20.3. The molecule has 1 unspecified atom stereocenters. The minimum Gasteiger partial charge on any atom is -0.332 e. The number of carbonyl (C=O) groups is 1. The second kappa shape index (κ2) is 9.06. The topological polar surface area (TPSA) is 55.2 Å². The molecule has 1 aromatic heterocycles. The molecule has 0 spiro atoms. The molecule has 0 aliphatic heterocycles. The van der Waals surface area contributed by atoms with E-state index in [4.69, 9.17) is 28.2 Å². The van der Waals surface area contributed by atoms with Gasteiger partial charge in [0.2, 0.25) is 0 Å². The number of benzene rings is 3. The maximum Gasteiger partial charge on any atom is 0.266 e. The summed E-state index contributed by atoms with van der Waals surface area (Å²) in [5.41, 5.74) is 1.43. The lowest BCUT2D eigenvalue weighted by molar-refractivity contribution is 0.0735. The van der Waals surface area contributed by atoms with E-state index >= 15 is 0 Å². The van der Waals surface area contributed by atoms with E-state index in [0.717, 1.165) is 4.47 Å². The highest BCUT2D eigenvalue weighted by Gasteiger charge is 2.25. The van der Waals surface area contributed by atoms with Crippen LogP contribution in [0.2, 0.25) is 10.0 Å². The largest absolute Gasteiger partial charge is 0.332 e. The van der Waals surface area contributed by atoms with Gasteiger partial charge in [-0.15, -0.1) is 0 Å². The maximum absolute atomic E-state index is 13.5. The highest BCUT2D eigenvalue weighted by molar-refractivity contribution is 9.10. The molecule has 0 fully saturated rings. The van der Waals surface area contributed by atoms with Crippen LogP contribution in [0.3, 0.4) is 0 Å². The van der Waals surface area contributed by atoms with E-state index in [9.17, 15) is 9.59 Å². The summed E-state index contributed by atoms with van der Waals surface area (Å²) in [6.07, 6.45) is 0. The van der Waals surface area contributed by atoms with Crippen LogP contribution in [-0.4, -0.2) is 27.4 Å². The molecule has 0 aliphatic rings. The Kier molecular flexibility index (Phi) is 6.38. The Morgan fingerprint density at radius 2 is 1.72 bits per heavy atom. The third-order valence-corrected chi connectivity index (χ3v) is 6.60. The molecule has 1 amide bonds. The van der Waals surface area contributed by atoms with E-state index in [0.29, 0.717) is 38.0 Å². The Morgan fingerprint density at radius 3 is 2.41 bits per heavy atom. The SMILES string of the molecule is CC(c1nc2ccccc2c(=O)n1-c1ccc(Br)cc1)N(C)C(=O)c1ccc(Cl)c(Cl)c1. The van der Waals surface area contributed by atoms with Gasteiger partial charge in [-0.25, -0.2) is 4.98 Å². The standard InChI is InChI=1S/C24H18BrCl2N3O2/c1-14(29(2)23(31)15-7-12-19(26)20(27)13-15)22-28-21-6-4-3-5-18(21)24(32)30(22)17-10-8-16(25)9-11-17/h3-14H,1-2H3. The number of amides is 1. The Hall–Kier alpha value is -2.67. The normalized spacial score (nSPS) is 12.0. The van der Waals surface area contributed by atoms with Gasteiger partial charge in [0.25, 0.3) is 11.5 Å². The van der Waals surface area contributed by atoms with E-state index < -0.39 is 6.04 Å². The first kappa shape index (κ1) is 22.5. The third kappa shape index (κ3) is 4.18. The molecule has 0 N–H and O–H groups in total. The first-order chi connectivity index (χ1) is 15.3. The van der Waals surface area contributed by atoms with Crippen molar-refractivity contribution in [3.8, 4) is 5.69 Å². The van der Waals surface area contributed by atoms with Crippen LogP contribution in [0.5, 0.6) is 0 Å². The summed E-state index contributed by atoms with van der Waals surface area (Å²) < 4.78 is 2.45. The van der Waals surface area contributed by atoms with E-state index in [1.54, 1.807) is 41.9 Å². The summed E-state index contributed by atoms with van der Waals surface area (Å²) in [5.74, 6) is 0.188. The number of hydrogen-bond acceptors (Lipinski definition) is 3. The number of para-hydroxylation sites is 1. The van der Waals surface area contributed by atoms with Gasteiger partial charge in [0, 0.05) is 17.1 Å². The smallest absolute Gasteiger partial charge is 0.266 e. The second-order valence-corrected chi connectivity index (χ2v) is 9.06. The number of carbonyl (C=O) groups excluding carboxylic acids is 1. The number of aromatic nitrogens is 2. The van der Waals surface area contributed by atoms with Gasteiger partial charge >= 0.3 is 0 Å². The van der Waals surface area contributed by atoms with Crippen LogP contribution < -0.4 is 5.56 Å². The zero-order chi connectivity index (χ0) is 23.0. The fourth-order valence-electron chi connectivity index (χ4n) is 3.45. The first-order valence-corrected chi connectivity index (χ1v) is 11.3. The molecule has 0 saturated heterocycles. The summed E-state index contributed by atoms with van der Waals surface area (Å²) >= 11 is 15.5. The molecule has 1 atom stereocenters. The van der Waals surface area contributed by atoms with Crippen LogP contribution in [0.4, 0.5) is 0 Å². The molecule has 0 radical (unpaired) electrons. The van der Waals surface area contributed by atoms with Crippen LogP contribution in [0.15, 0.2) is 76.0 Å². The molecule has 0 saturated carbocycles. The molecule has 0 bridgehead atoms. The third-order valence-electron chi connectivity index (χ3n) is 5.33. The van der Waals surface area contributed by atoms with Crippen LogP contribution in [0.1, 0.15) is 29.1 Å². The summed E-state index contributed by atoms with van der Waals surface area (Å²) in [5, 5.41) is 1.18. The average Bonchev–Trinajstić information content (AvgIpc) is 2.80. The molecule has 8 heteroatoms. The average molecular weight is 531 g/mol. The summed E-state index contributed by atoms with van der Waals surface area (Å²) in [4.78, 5) is 32.9. The van der Waals surface area contributed by atoms with Gasteiger partial charge in [-0.05, 0) is 61.5 Å². The van der Waals surface area contributed by atoms with E-state index in [-0.39, 0.29) is 11.5 Å². The van der Waals surface area contributed by atoms with Crippen LogP contribution in [-0.2, 0) is 0 Å². The van der Waals surface area contributed by atoms with Crippen molar-refractivity contribution >= 4 is 55.9 Å². The molecule has 4 aromatic rings. The number of hydrogen-bond donors (Lipinski definition) is 0. The van der Waals surface area contributed by atoms with Gasteiger partial charge in [-0.2, -0.15) is 0 Å². The predicted octanol–water partition coefficient (Wildman–Crippen LogP) is 6.29. The first-order valence-electron chi connectivity index (χ1n) is 9.78. The lowest BCUT2D eigenvalue weighted by Gasteiger charge is -2.27. The highest BCUT2D eigenvalue weighted by Crippen LogP contribution is 2.27. The molecular formula is C24H18BrCl2N3O2. The van der Waals surface area contributed by atoms with Gasteiger partial charge in [-0.1, -0.05) is 51.3 Å². The molecule has 4 rings (SSSR count). The van der Waals surface area contributed by atoms with Gasteiger partial charge in [0.15, 0.2) is 0 Å². The van der Waals surface area contributed by atoms with Gasteiger partial charge in [0.1, 0.15) is 5.82 Å². The van der Waals surface area contributed by atoms with Crippen molar-refractivity contribution in [3.05, 3.63) is 103 Å². The second-order valence-electron chi connectivity index (χ2n) is 7.33. The number of halogens is 3. The fraction of sp³-hybridized carbons (Fsp3) is 0.125. The van der Waals surface area contributed by atoms with E-state index in [1.165, 1.54) is 11.0 Å². The Morgan fingerprint density at radius 1 is 1.03 bits per heavy atom. The Balaban J connectivity index is 1.85. The minimum absolute atomic E-state index is 0.199. The molecule has 0 aliphatic carbocycles. The van der Waals surface area contributed by atoms with Crippen LogP contribution in [0, 0.1) is 0 Å². The van der Waals surface area contributed by atoms with Gasteiger partial charge in [-0.3, -0.25) is 14.2 Å². The number of fused-ring (bicyclic) bond motifs is 1. The Labute approximate surface area is 203 Å². The summed E-state index contributed by atoms with van der Waals surface area (Å²) in [6, 6.07) is 18.8. The predicted molar refractivity (Wildman–Crippen MR) is 132 cm³/mol. The van der Waals surface area contributed by atoms with Crippen molar-refractivity contribution in [3.63, 3.8) is 0 Å². The van der Waals surface area contributed by atoms with E-state index in [1.807, 2.05) is 37.3 Å². The molecule has 3 aromatic carbocycles. The van der Waals surface area contributed by atoms with Crippen molar-refractivity contribution in [2.75, 3.05) is 7.05 Å². The summed E-state index contributed by atoms with van der Waals surface area (Å²) in [7, 11) is 1.67. The zero-order valence-electron chi connectivity index (χ0n) is 17.2. The van der Waals surface area contributed by atoms with Gasteiger partial charge in [0.05, 0.1) is 32.7 Å². The quantitative estimate of drug-likeness (QED) is 0.311. The lowest BCUT2D eigenvalue weighted by Crippen LogP contribution is -2.34. The number of rotatable bonds is 4. The Bertz CT molecular complexity index is 1390. The van der Waals surface area contributed by atoms with Crippen LogP contribution in [0.25, 0.3) is 16.6 Å². The van der Waals surface area contributed by atoms with Crippen LogP contribution >= 0.6 is 39.1 Å². The lowest BCUT2D eigenvalue weighted by atomic mass is 10.1. The van der Waals surface area contributed by atoms with Crippen molar-refractivity contribution in [1.29, 1.82) is 0 Å². The van der Waals surface area contributed by atoms with Crippen molar-refractivity contribution in [2.24, 2.45) is 0 Å².